The van der Waals surface area contributed by atoms with Crippen LogP contribution in [0.5, 0.6) is 0 Å². The number of nitrogens with one attached hydrogen (secondary N) is 1. The lowest BCUT2D eigenvalue weighted by Gasteiger charge is -2.08. The normalized spacial score (nSPS) is 11.2. The van der Waals surface area contributed by atoms with Gasteiger partial charge in [-0.05, 0) is 11.6 Å². The summed E-state index contributed by atoms with van der Waals surface area (Å²) in [6.45, 7) is 1.58. The van der Waals surface area contributed by atoms with E-state index in [1.807, 2.05) is 0 Å². The molecule has 0 atom stereocenters. The number of carbonyl (C=O) groups excluding carboxylic acids is 1. The van der Waals surface area contributed by atoms with E-state index in [-0.39, 0.29) is 23.0 Å². The van der Waals surface area contributed by atoms with Crippen LogP contribution in [0, 0.1) is 0 Å². The SMILES string of the molecule is CCS(=O)(=O)c1ccccc1CC(=O)Nc1cnsn1. The van der Waals surface area contributed by atoms with Crippen LogP contribution in [0.4, 0.5) is 5.82 Å². The van der Waals surface area contributed by atoms with Gasteiger partial charge >= 0.3 is 0 Å². The third-order valence-corrected chi connectivity index (χ3v) is 4.97. The van der Waals surface area contributed by atoms with Gasteiger partial charge in [0.05, 0.1) is 35.0 Å². The van der Waals surface area contributed by atoms with Crippen molar-refractivity contribution in [3.05, 3.63) is 36.0 Å². The first-order valence-electron chi connectivity index (χ1n) is 5.91. The molecule has 0 unspecified atom stereocenters. The van der Waals surface area contributed by atoms with E-state index in [9.17, 15) is 13.2 Å². The van der Waals surface area contributed by atoms with Crippen molar-refractivity contribution < 1.29 is 13.2 Å². The molecule has 0 radical (unpaired) electrons. The topological polar surface area (TPSA) is 89.0 Å². The van der Waals surface area contributed by atoms with Crippen LogP contribution in [-0.4, -0.2) is 28.8 Å². The minimum absolute atomic E-state index is 0.00163. The molecule has 0 aliphatic rings. The number of aromatic nitrogens is 2. The van der Waals surface area contributed by atoms with E-state index in [2.05, 4.69) is 14.1 Å². The zero-order valence-electron chi connectivity index (χ0n) is 10.7. The zero-order chi connectivity index (χ0) is 14.6. The number of anilines is 1. The molecule has 2 aromatic rings. The van der Waals surface area contributed by atoms with Crippen molar-refractivity contribution in [2.75, 3.05) is 11.1 Å². The molecule has 0 spiro atoms. The van der Waals surface area contributed by atoms with Gasteiger partial charge in [-0.2, -0.15) is 8.75 Å². The highest BCUT2D eigenvalue weighted by atomic mass is 32.2. The van der Waals surface area contributed by atoms with Crippen LogP contribution < -0.4 is 5.32 Å². The van der Waals surface area contributed by atoms with E-state index < -0.39 is 9.84 Å². The van der Waals surface area contributed by atoms with Gasteiger partial charge in [-0.3, -0.25) is 4.79 Å². The van der Waals surface area contributed by atoms with Gasteiger partial charge in [0.1, 0.15) is 0 Å². The maximum Gasteiger partial charge on any atom is 0.230 e. The van der Waals surface area contributed by atoms with E-state index in [0.717, 1.165) is 11.7 Å². The van der Waals surface area contributed by atoms with Crippen LogP contribution in [0.3, 0.4) is 0 Å². The van der Waals surface area contributed by atoms with Gasteiger partial charge in [0.25, 0.3) is 0 Å². The van der Waals surface area contributed by atoms with Crippen LogP contribution in [0.1, 0.15) is 12.5 Å². The number of benzene rings is 1. The van der Waals surface area contributed by atoms with Gasteiger partial charge in [-0.15, -0.1) is 0 Å². The summed E-state index contributed by atoms with van der Waals surface area (Å²) in [6, 6.07) is 6.52. The van der Waals surface area contributed by atoms with Crippen molar-refractivity contribution >= 4 is 33.3 Å². The van der Waals surface area contributed by atoms with Crippen LogP contribution in [-0.2, 0) is 21.1 Å². The van der Waals surface area contributed by atoms with Crippen LogP contribution in [0.15, 0.2) is 35.4 Å². The molecule has 0 fully saturated rings. The molecule has 106 valence electrons. The fourth-order valence-corrected chi connectivity index (χ4v) is 3.20. The second-order valence-electron chi connectivity index (χ2n) is 4.03. The van der Waals surface area contributed by atoms with Gasteiger partial charge < -0.3 is 5.32 Å². The number of carbonyl (C=O) groups is 1. The van der Waals surface area contributed by atoms with Crippen molar-refractivity contribution in [3.8, 4) is 0 Å². The number of sulfone groups is 1. The number of amides is 1. The van der Waals surface area contributed by atoms with Gasteiger partial charge in [0, 0.05) is 0 Å². The molecule has 2 rings (SSSR count). The zero-order valence-corrected chi connectivity index (χ0v) is 12.4. The molecule has 0 bridgehead atoms. The van der Waals surface area contributed by atoms with Crippen molar-refractivity contribution in [1.82, 2.24) is 8.75 Å². The highest BCUT2D eigenvalue weighted by Gasteiger charge is 2.18. The Labute approximate surface area is 121 Å². The lowest BCUT2D eigenvalue weighted by molar-refractivity contribution is -0.115. The molecule has 1 amide bonds. The summed E-state index contributed by atoms with van der Waals surface area (Å²) in [5, 5.41) is 2.57. The van der Waals surface area contributed by atoms with E-state index >= 15 is 0 Å². The summed E-state index contributed by atoms with van der Waals surface area (Å²) in [4.78, 5) is 12.1. The molecule has 1 heterocycles. The Morgan fingerprint density at radius 3 is 2.75 bits per heavy atom. The van der Waals surface area contributed by atoms with E-state index in [4.69, 9.17) is 0 Å². The van der Waals surface area contributed by atoms with Crippen LogP contribution >= 0.6 is 11.7 Å². The first-order chi connectivity index (χ1) is 9.53. The monoisotopic (exact) mass is 311 g/mol. The lowest BCUT2D eigenvalue weighted by Crippen LogP contribution is -2.17. The van der Waals surface area contributed by atoms with Crippen molar-refractivity contribution in [2.45, 2.75) is 18.2 Å². The molecular formula is C12H13N3O3S2. The molecule has 0 saturated heterocycles. The largest absolute Gasteiger partial charge is 0.308 e. The van der Waals surface area contributed by atoms with Gasteiger partial charge in [-0.1, -0.05) is 25.1 Å². The summed E-state index contributed by atoms with van der Waals surface area (Å²) in [6.07, 6.45) is 1.42. The van der Waals surface area contributed by atoms with Crippen molar-refractivity contribution in [1.29, 1.82) is 0 Å². The average Bonchev–Trinajstić information content (AvgIpc) is 2.92. The van der Waals surface area contributed by atoms with E-state index in [1.54, 1.807) is 25.1 Å². The summed E-state index contributed by atoms with van der Waals surface area (Å²) in [5.41, 5.74) is 0.482. The molecule has 0 aliphatic carbocycles. The smallest absolute Gasteiger partial charge is 0.230 e. The van der Waals surface area contributed by atoms with Crippen LogP contribution in [0.25, 0.3) is 0 Å². The van der Waals surface area contributed by atoms with Crippen molar-refractivity contribution in [3.63, 3.8) is 0 Å². The predicted octanol–water partition coefficient (Wildman–Crippen LogP) is 1.51. The number of rotatable bonds is 5. The summed E-state index contributed by atoms with van der Waals surface area (Å²) >= 11 is 0.988. The summed E-state index contributed by atoms with van der Waals surface area (Å²) < 4.78 is 31.6. The van der Waals surface area contributed by atoms with E-state index in [1.165, 1.54) is 12.3 Å². The molecule has 0 saturated carbocycles. The van der Waals surface area contributed by atoms with Gasteiger partial charge in [-0.25, -0.2) is 8.42 Å². The molecular weight excluding hydrogens is 298 g/mol. The first kappa shape index (κ1) is 14.6. The average molecular weight is 311 g/mol. The first-order valence-corrected chi connectivity index (χ1v) is 8.29. The summed E-state index contributed by atoms with van der Waals surface area (Å²) in [5.74, 6) is 0.0500. The molecule has 20 heavy (non-hydrogen) atoms. The molecule has 0 aliphatic heterocycles. The second-order valence-corrected chi connectivity index (χ2v) is 6.83. The highest BCUT2D eigenvalue weighted by Crippen LogP contribution is 2.18. The third-order valence-electron chi connectivity index (χ3n) is 2.67. The molecule has 8 heteroatoms. The highest BCUT2D eigenvalue weighted by molar-refractivity contribution is 7.91. The third kappa shape index (κ3) is 3.40. The molecule has 1 aromatic heterocycles. The lowest BCUT2D eigenvalue weighted by atomic mass is 10.1. The minimum Gasteiger partial charge on any atom is -0.308 e. The standard InChI is InChI=1S/C12H13N3O3S2/c1-2-20(17,18)10-6-4-3-5-9(10)7-12(16)14-11-8-13-19-15-11/h3-6,8H,2,7H2,1H3,(H,14,15,16). The number of nitrogens with zero attached hydrogens (tertiary/aromatic N) is 2. The Balaban J connectivity index is 2.20. The quantitative estimate of drug-likeness (QED) is 0.904. The minimum atomic E-state index is -3.34. The Morgan fingerprint density at radius 1 is 1.35 bits per heavy atom. The molecule has 1 aromatic carbocycles. The Morgan fingerprint density at radius 2 is 2.10 bits per heavy atom. The van der Waals surface area contributed by atoms with Gasteiger partial charge in [0.15, 0.2) is 15.7 Å². The number of hydrogen-bond donors (Lipinski definition) is 1. The maximum absolute atomic E-state index is 12.0. The predicted molar refractivity (Wildman–Crippen MR) is 76.4 cm³/mol. The fourth-order valence-electron chi connectivity index (χ4n) is 1.69. The van der Waals surface area contributed by atoms with Crippen molar-refractivity contribution in [2.24, 2.45) is 0 Å². The van der Waals surface area contributed by atoms with Gasteiger partial charge in [0.2, 0.25) is 5.91 Å². The molecule has 1 N–H and O–H groups in total. The maximum atomic E-state index is 12.0. The Bertz CT molecular complexity index is 696. The van der Waals surface area contributed by atoms with E-state index in [0.29, 0.717) is 11.4 Å². The fraction of sp³-hybridized carbons (Fsp3) is 0.250. The Kier molecular flexibility index (Phi) is 4.46. The Hall–Kier alpha value is -1.80. The molecule has 6 nitrogen and oxygen atoms in total. The second kappa shape index (κ2) is 6.10. The van der Waals surface area contributed by atoms with Crippen LogP contribution in [0.2, 0.25) is 0 Å². The number of hydrogen-bond acceptors (Lipinski definition) is 6. The summed E-state index contributed by atoms with van der Waals surface area (Å²) in [7, 11) is -3.34.